The lowest BCUT2D eigenvalue weighted by atomic mass is 10.2. The van der Waals surface area contributed by atoms with E-state index in [-0.39, 0.29) is 16.3 Å². The fourth-order valence-electron chi connectivity index (χ4n) is 2.59. The summed E-state index contributed by atoms with van der Waals surface area (Å²) in [7, 11) is -4.42. The molecule has 2 heterocycles. The van der Waals surface area contributed by atoms with Gasteiger partial charge in [0.05, 0.1) is 22.8 Å². The second-order valence-corrected chi connectivity index (χ2v) is 6.80. The largest absolute Gasteiger partial charge is 0.493 e. The van der Waals surface area contributed by atoms with Crippen LogP contribution in [0.25, 0.3) is 16.9 Å². The van der Waals surface area contributed by atoms with Crippen molar-refractivity contribution in [2.45, 2.75) is 25.7 Å². The van der Waals surface area contributed by atoms with Crippen molar-refractivity contribution in [2.24, 2.45) is 0 Å². The van der Waals surface area contributed by atoms with Crippen LogP contribution in [-0.4, -0.2) is 39.2 Å². The highest BCUT2D eigenvalue weighted by atomic mass is 32.2. The molecule has 0 saturated heterocycles. The zero-order chi connectivity index (χ0) is 18.4. The Morgan fingerprint density at radius 2 is 2.04 bits per heavy atom. The molecule has 0 radical (unpaired) electrons. The predicted octanol–water partition coefficient (Wildman–Crippen LogP) is 1.35. The van der Waals surface area contributed by atoms with Gasteiger partial charge in [-0.3, -0.25) is 9.35 Å². The number of fused-ring (bicyclic) bond motifs is 1. The van der Waals surface area contributed by atoms with Crippen LogP contribution < -0.4 is 10.3 Å². The molecular weight excluding hydrogens is 348 g/mol. The summed E-state index contributed by atoms with van der Waals surface area (Å²) in [4.78, 5) is 18.9. The van der Waals surface area contributed by atoms with Crippen molar-refractivity contribution in [1.29, 1.82) is 0 Å². The minimum atomic E-state index is -4.42. The molecule has 10 heteroatoms. The number of nitrogens with one attached hydrogen (secondary N) is 1. The Morgan fingerprint density at radius 3 is 2.68 bits per heavy atom. The van der Waals surface area contributed by atoms with Gasteiger partial charge < -0.3 is 9.72 Å². The van der Waals surface area contributed by atoms with Gasteiger partial charge in [-0.05, 0) is 39.0 Å². The number of H-pyrrole nitrogens is 1. The number of benzene rings is 1. The molecule has 0 aliphatic heterocycles. The number of ether oxygens (including phenoxy) is 1. The van der Waals surface area contributed by atoms with Crippen molar-refractivity contribution in [3.05, 3.63) is 40.1 Å². The van der Waals surface area contributed by atoms with E-state index < -0.39 is 15.7 Å². The quantitative estimate of drug-likeness (QED) is 0.669. The van der Waals surface area contributed by atoms with Gasteiger partial charge in [-0.15, -0.1) is 5.10 Å². The summed E-state index contributed by atoms with van der Waals surface area (Å²) in [6.45, 7) is 5.49. The van der Waals surface area contributed by atoms with E-state index in [1.807, 2.05) is 0 Å². The summed E-state index contributed by atoms with van der Waals surface area (Å²) < 4.78 is 39.0. The van der Waals surface area contributed by atoms with Crippen LogP contribution in [0.4, 0.5) is 0 Å². The second-order valence-electron chi connectivity index (χ2n) is 5.37. The maximum absolute atomic E-state index is 12.4. The van der Waals surface area contributed by atoms with Gasteiger partial charge in [0, 0.05) is 0 Å². The van der Waals surface area contributed by atoms with Crippen LogP contribution in [-0.2, 0) is 10.1 Å². The molecular formula is C15H16N4O5S. The summed E-state index contributed by atoms with van der Waals surface area (Å²) >= 11 is 0. The van der Waals surface area contributed by atoms with Crippen LogP contribution in [0.3, 0.4) is 0 Å². The first-order valence-corrected chi connectivity index (χ1v) is 8.87. The minimum absolute atomic E-state index is 0.104. The van der Waals surface area contributed by atoms with E-state index in [0.29, 0.717) is 29.4 Å². The molecule has 132 valence electrons. The minimum Gasteiger partial charge on any atom is -0.493 e. The maximum Gasteiger partial charge on any atom is 0.294 e. The highest BCUT2D eigenvalue weighted by Crippen LogP contribution is 2.30. The van der Waals surface area contributed by atoms with Crippen molar-refractivity contribution < 1.29 is 17.7 Å². The van der Waals surface area contributed by atoms with E-state index in [1.54, 1.807) is 20.8 Å². The molecule has 0 amide bonds. The number of rotatable bonds is 4. The molecule has 1 aromatic carbocycles. The molecule has 0 unspecified atom stereocenters. The SMILES string of the molecule is CCOc1ccc(S(=O)(=O)O)cc1-c1nn2c(C)nc(C)c2c(=O)[nH]1. The number of hydrogen-bond acceptors (Lipinski definition) is 6. The van der Waals surface area contributed by atoms with Crippen molar-refractivity contribution >= 4 is 15.6 Å². The molecule has 0 fully saturated rings. The van der Waals surface area contributed by atoms with Crippen molar-refractivity contribution in [3.8, 4) is 17.1 Å². The molecule has 0 bridgehead atoms. The van der Waals surface area contributed by atoms with Crippen LogP contribution in [0, 0.1) is 13.8 Å². The average molecular weight is 364 g/mol. The Bertz CT molecular complexity index is 1130. The van der Waals surface area contributed by atoms with Crippen LogP contribution in [0.2, 0.25) is 0 Å². The summed E-state index contributed by atoms with van der Waals surface area (Å²) in [5.74, 6) is 0.947. The van der Waals surface area contributed by atoms with Gasteiger partial charge in [0.1, 0.15) is 11.6 Å². The van der Waals surface area contributed by atoms with Gasteiger partial charge in [-0.1, -0.05) is 0 Å². The number of aromatic amines is 1. The zero-order valence-electron chi connectivity index (χ0n) is 13.8. The predicted molar refractivity (Wildman–Crippen MR) is 89.5 cm³/mol. The standard InChI is InChI=1S/C15H16N4O5S/c1-4-24-12-6-5-10(25(21,22)23)7-11(12)14-17-15(20)13-8(2)16-9(3)19(13)18-14/h5-7H,4H2,1-3H3,(H,17,18,20)(H,21,22,23). The lowest BCUT2D eigenvalue weighted by Gasteiger charge is -2.11. The Labute approximate surface area is 143 Å². The molecule has 2 aromatic heterocycles. The van der Waals surface area contributed by atoms with E-state index in [0.717, 1.165) is 0 Å². The summed E-state index contributed by atoms with van der Waals surface area (Å²) in [5, 5.41) is 4.33. The van der Waals surface area contributed by atoms with Crippen molar-refractivity contribution in [3.63, 3.8) is 0 Å². The molecule has 0 aliphatic rings. The van der Waals surface area contributed by atoms with E-state index in [1.165, 1.54) is 22.7 Å². The average Bonchev–Trinajstić information content (AvgIpc) is 2.81. The summed E-state index contributed by atoms with van der Waals surface area (Å²) in [5.41, 5.74) is 0.671. The van der Waals surface area contributed by atoms with E-state index in [9.17, 15) is 17.8 Å². The Kier molecular flexibility index (Phi) is 4.09. The van der Waals surface area contributed by atoms with Crippen LogP contribution in [0.15, 0.2) is 27.9 Å². The first-order chi connectivity index (χ1) is 11.7. The second kappa shape index (κ2) is 5.97. The first kappa shape index (κ1) is 17.1. The maximum atomic E-state index is 12.4. The Hall–Kier alpha value is -2.72. The monoisotopic (exact) mass is 364 g/mol. The van der Waals surface area contributed by atoms with Crippen molar-refractivity contribution in [1.82, 2.24) is 19.6 Å². The molecule has 3 rings (SSSR count). The highest BCUT2D eigenvalue weighted by Gasteiger charge is 2.18. The van der Waals surface area contributed by atoms with Crippen LogP contribution in [0.5, 0.6) is 5.75 Å². The van der Waals surface area contributed by atoms with E-state index in [4.69, 9.17) is 4.74 Å². The topological polar surface area (TPSA) is 127 Å². The third-order valence-electron chi connectivity index (χ3n) is 3.64. The number of aromatic nitrogens is 4. The van der Waals surface area contributed by atoms with Gasteiger partial charge in [0.2, 0.25) is 0 Å². The smallest absolute Gasteiger partial charge is 0.294 e. The van der Waals surface area contributed by atoms with Crippen LogP contribution >= 0.6 is 0 Å². The third kappa shape index (κ3) is 3.01. The van der Waals surface area contributed by atoms with Gasteiger partial charge in [-0.2, -0.15) is 8.42 Å². The number of aryl methyl sites for hydroxylation is 2. The molecule has 3 aromatic rings. The Balaban J connectivity index is 2.33. The highest BCUT2D eigenvalue weighted by molar-refractivity contribution is 7.85. The van der Waals surface area contributed by atoms with E-state index in [2.05, 4.69) is 15.1 Å². The zero-order valence-corrected chi connectivity index (χ0v) is 14.6. The van der Waals surface area contributed by atoms with Gasteiger partial charge in [0.25, 0.3) is 15.7 Å². The van der Waals surface area contributed by atoms with Gasteiger partial charge >= 0.3 is 0 Å². The third-order valence-corrected chi connectivity index (χ3v) is 4.49. The fraction of sp³-hybridized carbons (Fsp3) is 0.267. The Morgan fingerprint density at radius 1 is 1.32 bits per heavy atom. The normalized spacial score (nSPS) is 11.8. The molecule has 2 N–H and O–H groups in total. The molecule has 0 aliphatic carbocycles. The molecule has 0 spiro atoms. The lowest BCUT2D eigenvalue weighted by molar-refractivity contribution is 0.341. The summed E-state index contributed by atoms with van der Waals surface area (Å²) in [6, 6.07) is 3.81. The first-order valence-electron chi connectivity index (χ1n) is 7.43. The molecule has 9 nitrogen and oxygen atoms in total. The lowest BCUT2D eigenvalue weighted by Crippen LogP contribution is -2.15. The number of hydrogen-bond donors (Lipinski definition) is 2. The van der Waals surface area contributed by atoms with E-state index >= 15 is 0 Å². The fourth-order valence-corrected chi connectivity index (χ4v) is 3.10. The molecule has 0 saturated carbocycles. The van der Waals surface area contributed by atoms with Gasteiger partial charge in [0.15, 0.2) is 11.3 Å². The molecule has 0 atom stereocenters. The van der Waals surface area contributed by atoms with Gasteiger partial charge in [-0.25, -0.2) is 9.50 Å². The number of nitrogens with zero attached hydrogens (tertiary/aromatic N) is 3. The molecule has 25 heavy (non-hydrogen) atoms. The van der Waals surface area contributed by atoms with Crippen molar-refractivity contribution in [2.75, 3.05) is 6.61 Å². The summed E-state index contributed by atoms with van der Waals surface area (Å²) in [6.07, 6.45) is 0. The van der Waals surface area contributed by atoms with Crippen LogP contribution in [0.1, 0.15) is 18.4 Å². The number of imidazole rings is 1.